The molecule has 1 aliphatic heterocycles. The van der Waals surface area contributed by atoms with Gasteiger partial charge in [-0.3, -0.25) is 0 Å². The molecule has 0 fully saturated rings. The molecule has 0 saturated heterocycles. The van der Waals surface area contributed by atoms with Gasteiger partial charge in [-0.1, -0.05) is 11.3 Å². The largest absolute Gasteiger partial charge is 0.399 e. The van der Waals surface area contributed by atoms with Crippen LogP contribution in [-0.2, 0) is 6.42 Å². The Kier molecular flexibility index (Phi) is 2.72. The topological polar surface area (TPSA) is 42.2 Å². The molecule has 3 nitrogen and oxygen atoms in total. The van der Waals surface area contributed by atoms with Crippen LogP contribution in [0.1, 0.15) is 23.4 Å². The second-order valence-corrected chi connectivity index (χ2v) is 7.15. The van der Waals surface area contributed by atoms with Crippen LogP contribution in [0.15, 0.2) is 29.6 Å². The molecular formula is C15H15N3S2. The van der Waals surface area contributed by atoms with Crippen LogP contribution in [0, 0.1) is 0 Å². The van der Waals surface area contributed by atoms with Crippen LogP contribution in [0.25, 0.3) is 10.2 Å². The molecule has 0 saturated carbocycles. The molecule has 1 atom stereocenters. The molecule has 3 aromatic rings. The smallest absolute Gasteiger partial charge is 0.186 e. The number of fused-ring (bicyclic) bond motifs is 2. The van der Waals surface area contributed by atoms with E-state index < -0.39 is 0 Å². The number of rotatable bonds is 1. The summed E-state index contributed by atoms with van der Waals surface area (Å²) >= 11 is 3.61. The fraction of sp³-hybridized carbons (Fsp3) is 0.267. The van der Waals surface area contributed by atoms with Crippen LogP contribution >= 0.6 is 22.7 Å². The molecule has 3 heterocycles. The second kappa shape index (κ2) is 4.46. The molecule has 0 spiro atoms. The normalized spacial score (nSPS) is 18.4. The highest BCUT2D eigenvalue weighted by Crippen LogP contribution is 2.39. The van der Waals surface area contributed by atoms with E-state index in [2.05, 4.69) is 23.3 Å². The van der Waals surface area contributed by atoms with E-state index in [9.17, 15) is 0 Å². The van der Waals surface area contributed by atoms with Gasteiger partial charge in [0.25, 0.3) is 0 Å². The predicted molar refractivity (Wildman–Crippen MR) is 87.8 cm³/mol. The molecule has 0 amide bonds. The van der Waals surface area contributed by atoms with Gasteiger partial charge in [0.05, 0.1) is 16.3 Å². The van der Waals surface area contributed by atoms with Gasteiger partial charge in [-0.2, -0.15) is 0 Å². The van der Waals surface area contributed by atoms with Gasteiger partial charge in [0.2, 0.25) is 0 Å². The zero-order valence-corrected chi connectivity index (χ0v) is 12.8. The van der Waals surface area contributed by atoms with Gasteiger partial charge in [0, 0.05) is 17.1 Å². The summed E-state index contributed by atoms with van der Waals surface area (Å²) < 4.78 is 1.17. The average Bonchev–Trinajstić information content (AvgIpc) is 3.04. The Hall–Kier alpha value is -1.59. The molecule has 4 rings (SSSR count). The van der Waals surface area contributed by atoms with Crippen molar-refractivity contribution in [1.29, 1.82) is 0 Å². The zero-order valence-electron chi connectivity index (χ0n) is 11.2. The van der Waals surface area contributed by atoms with E-state index in [1.807, 2.05) is 29.5 Å². The molecule has 0 radical (unpaired) electrons. The Morgan fingerprint density at radius 1 is 1.35 bits per heavy atom. The van der Waals surface area contributed by atoms with Crippen molar-refractivity contribution >= 4 is 43.7 Å². The fourth-order valence-electron chi connectivity index (χ4n) is 2.82. The Balaban J connectivity index is 1.76. The highest BCUT2D eigenvalue weighted by molar-refractivity contribution is 7.22. The molecule has 1 aromatic carbocycles. The minimum Gasteiger partial charge on any atom is -0.399 e. The van der Waals surface area contributed by atoms with Gasteiger partial charge in [-0.15, -0.1) is 11.3 Å². The summed E-state index contributed by atoms with van der Waals surface area (Å²) in [5, 5.41) is 3.30. The zero-order chi connectivity index (χ0) is 13.7. The number of nitrogens with two attached hydrogens (primary N) is 1. The Morgan fingerprint density at radius 3 is 3.15 bits per heavy atom. The first kappa shape index (κ1) is 12.2. The number of nitrogen functional groups attached to an aromatic ring is 1. The summed E-state index contributed by atoms with van der Waals surface area (Å²) in [6, 6.07) is 8.60. The highest BCUT2D eigenvalue weighted by atomic mass is 32.1. The summed E-state index contributed by atoms with van der Waals surface area (Å²) in [4.78, 5) is 8.72. The van der Waals surface area contributed by atoms with Crippen LogP contribution in [0.3, 0.4) is 0 Å². The Bertz CT molecular complexity index is 774. The Morgan fingerprint density at radius 2 is 2.25 bits per heavy atom. The van der Waals surface area contributed by atoms with E-state index in [4.69, 9.17) is 10.7 Å². The van der Waals surface area contributed by atoms with Crippen molar-refractivity contribution in [1.82, 2.24) is 4.98 Å². The van der Waals surface area contributed by atoms with E-state index in [1.54, 1.807) is 11.3 Å². The maximum Gasteiger partial charge on any atom is 0.186 e. The van der Waals surface area contributed by atoms with Crippen LogP contribution < -0.4 is 10.6 Å². The average molecular weight is 301 g/mol. The summed E-state index contributed by atoms with van der Waals surface area (Å²) in [5.41, 5.74) is 9.16. The minimum absolute atomic E-state index is 0.405. The summed E-state index contributed by atoms with van der Waals surface area (Å²) in [5.74, 6) is 0. The molecule has 20 heavy (non-hydrogen) atoms. The van der Waals surface area contributed by atoms with Gasteiger partial charge in [0.15, 0.2) is 5.13 Å². The number of thiazole rings is 1. The lowest BCUT2D eigenvalue weighted by Gasteiger charge is -2.33. The number of hydrogen-bond donors (Lipinski definition) is 1. The van der Waals surface area contributed by atoms with Crippen LogP contribution in [-0.4, -0.2) is 11.5 Å². The predicted octanol–water partition coefficient (Wildman–Crippen LogP) is 4.06. The standard InChI is InChI=1S/C15H15N3S2/c1-9-11-5-7-19-13(11)4-6-18(9)15-17-12-3-2-10(16)8-14(12)20-15/h2-3,5,7-9H,4,6,16H2,1H3. The lowest BCUT2D eigenvalue weighted by atomic mass is 10.0. The van der Waals surface area contributed by atoms with E-state index in [0.29, 0.717) is 6.04 Å². The van der Waals surface area contributed by atoms with Crippen molar-refractivity contribution in [3.8, 4) is 0 Å². The first-order valence-electron chi connectivity index (χ1n) is 6.71. The number of aromatic nitrogens is 1. The van der Waals surface area contributed by atoms with Crippen LogP contribution in [0.4, 0.5) is 10.8 Å². The molecular weight excluding hydrogens is 286 g/mol. The van der Waals surface area contributed by atoms with Gasteiger partial charge in [-0.25, -0.2) is 4.98 Å². The van der Waals surface area contributed by atoms with Crippen LogP contribution in [0.2, 0.25) is 0 Å². The summed E-state index contributed by atoms with van der Waals surface area (Å²) in [7, 11) is 0. The molecule has 5 heteroatoms. The van der Waals surface area contributed by atoms with Crippen molar-refractivity contribution in [2.45, 2.75) is 19.4 Å². The third kappa shape index (κ3) is 1.81. The maximum atomic E-state index is 5.85. The number of thiophene rings is 1. The number of anilines is 2. The van der Waals surface area contributed by atoms with E-state index >= 15 is 0 Å². The van der Waals surface area contributed by atoms with Gasteiger partial charge in [0.1, 0.15) is 0 Å². The molecule has 1 unspecified atom stereocenters. The third-order valence-electron chi connectivity index (χ3n) is 3.92. The first-order chi connectivity index (χ1) is 9.72. The number of nitrogens with zero attached hydrogens (tertiary/aromatic N) is 2. The summed E-state index contributed by atoms with van der Waals surface area (Å²) in [6.07, 6.45) is 1.12. The molecule has 2 N–H and O–H groups in total. The van der Waals surface area contributed by atoms with E-state index in [-0.39, 0.29) is 0 Å². The minimum atomic E-state index is 0.405. The monoisotopic (exact) mass is 301 g/mol. The van der Waals surface area contributed by atoms with Gasteiger partial charge < -0.3 is 10.6 Å². The van der Waals surface area contributed by atoms with Crippen molar-refractivity contribution < 1.29 is 0 Å². The Labute approximate surface area is 125 Å². The summed E-state index contributed by atoms with van der Waals surface area (Å²) in [6.45, 7) is 3.31. The molecule has 2 aromatic heterocycles. The van der Waals surface area contributed by atoms with Gasteiger partial charge in [-0.05, 0) is 48.6 Å². The SMILES string of the molecule is CC1c2ccsc2CCN1c1nc2ccc(N)cc2s1. The lowest BCUT2D eigenvalue weighted by Crippen LogP contribution is -2.32. The van der Waals surface area contributed by atoms with Crippen LogP contribution in [0.5, 0.6) is 0 Å². The molecule has 102 valence electrons. The molecule has 0 aliphatic carbocycles. The van der Waals surface area contributed by atoms with E-state index in [1.165, 1.54) is 15.1 Å². The van der Waals surface area contributed by atoms with Crippen molar-refractivity contribution in [2.24, 2.45) is 0 Å². The molecule has 1 aliphatic rings. The third-order valence-corrected chi connectivity index (χ3v) is 5.98. The van der Waals surface area contributed by atoms with E-state index in [0.717, 1.165) is 29.3 Å². The fourth-order valence-corrected chi connectivity index (χ4v) is 4.91. The highest BCUT2D eigenvalue weighted by Gasteiger charge is 2.26. The quantitative estimate of drug-likeness (QED) is 0.689. The van der Waals surface area contributed by atoms with Crippen molar-refractivity contribution in [2.75, 3.05) is 17.2 Å². The lowest BCUT2D eigenvalue weighted by molar-refractivity contribution is 0.631. The molecule has 0 bridgehead atoms. The van der Waals surface area contributed by atoms with Crippen molar-refractivity contribution in [3.05, 3.63) is 40.1 Å². The number of hydrogen-bond acceptors (Lipinski definition) is 5. The maximum absolute atomic E-state index is 5.85. The van der Waals surface area contributed by atoms with Crippen molar-refractivity contribution in [3.63, 3.8) is 0 Å². The van der Waals surface area contributed by atoms with Gasteiger partial charge >= 0.3 is 0 Å². The first-order valence-corrected chi connectivity index (χ1v) is 8.41. The second-order valence-electron chi connectivity index (χ2n) is 5.14. The number of benzene rings is 1.